The molecule has 106 valence electrons. The third-order valence-electron chi connectivity index (χ3n) is 1.89. The number of amides is 2. The second-order valence-electron chi connectivity index (χ2n) is 3.45. The lowest BCUT2D eigenvalue weighted by atomic mass is 10.3. The number of ether oxygens (including phenoxy) is 1. The number of hydrogen-bond donors (Lipinski definition) is 3. The maximum atomic E-state index is 11.3. The van der Waals surface area contributed by atoms with Gasteiger partial charge >= 0.3 is 5.97 Å². The standard InChI is InChI=1S/C12H11ClN2O5/c13-8-1-3-9(4-2-8)20-7-11(17)15-14-10(16)5-6-12(18)19/h1-6H,7H2,(H,14,16)(H,15,17)(H,18,19)/b6-5-. The summed E-state index contributed by atoms with van der Waals surface area (Å²) in [5.74, 6) is -2.19. The van der Waals surface area contributed by atoms with E-state index >= 15 is 0 Å². The highest BCUT2D eigenvalue weighted by molar-refractivity contribution is 6.30. The number of aliphatic carboxylic acids is 1. The summed E-state index contributed by atoms with van der Waals surface area (Å²) >= 11 is 5.68. The average molecular weight is 299 g/mol. The molecule has 0 saturated heterocycles. The largest absolute Gasteiger partial charge is 0.484 e. The van der Waals surface area contributed by atoms with Gasteiger partial charge in [-0.05, 0) is 24.3 Å². The molecule has 8 heteroatoms. The minimum atomic E-state index is -1.27. The Morgan fingerprint density at radius 2 is 1.80 bits per heavy atom. The van der Waals surface area contributed by atoms with Gasteiger partial charge in [0, 0.05) is 17.2 Å². The normalized spacial score (nSPS) is 10.1. The second kappa shape index (κ2) is 7.80. The lowest BCUT2D eigenvalue weighted by Crippen LogP contribution is -2.43. The molecule has 0 heterocycles. The molecular formula is C12H11ClN2O5. The fourth-order valence-electron chi connectivity index (χ4n) is 1.04. The number of carbonyl (C=O) groups excluding carboxylic acids is 2. The summed E-state index contributed by atoms with van der Waals surface area (Å²) in [5.41, 5.74) is 4.05. The van der Waals surface area contributed by atoms with Crippen molar-refractivity contribution in [3.63, 3.8) is 0 Å². The summed E-state index contributed by atoms with van der Waals surface area (Å²) in [6.07, 6.45) is 1.41. The van der Waals surface area contributed by atoms with Gasteiger partial charge in [-0.15, -0.1) is 0 Å². The quantitative estimate of drug-likeness (QED) is 0.542. The first-order valence-electron chi connectivity index (χ1n) is 5.35. The molecule has 0 fully saturated rings. The van der Waals surface area contributed by atoms with Crippen LogP contribution >= 0.6 is 11.6 Å². The van der Waals surface area contributed by atoms with Crippen molar-refractivity contribution in [2.75, 3.05) is 6.61 Å². The number of halogens is 1. The molecule has 3 N–H and O–H groups in total. The highest BCUT2D eigenvalue weighted by Gasteiger charge is 2.04. The van der Waals surface area contributed by atoms with Crippen LogP contribution in [0.2, 0.25) is 5.02 Å². The number of hydrogen-bond acceptors (Lipinski definition) is 4. The smallest absolute Gasteiger partial charge is 0.328 e. The van der Waals surface area contributed by atoms with E-state index in [1.54, 1.807) is 24.3 Å². The monoisotopic (exact) mass is 298 g/mol. The Hall–Kier alpha value is -2.54. The second-order valence-corrected chi connectivity index (χ2v) is 3.89. The summed E-state index contributed by atoms with van der Waals surface area (Å²) < 4.78 is 5.12. The molecule has 0 radical (unpaired) electrons. The SMILES string of the molecule is O=C(O)/C=C\C(=O)NNC(=O)COc1ccc(Cl)cc1. The summed E-state index contributed by atoms with van der Waals surface area (Å²) in [7, 11) is 0. The predicted octanol–water partition coefficient (Wildman–Crippen LogP) is 0.507. The number of benzene rings is 1. The average Bonchev–Trinajstić information content (AvgIpc) is 2.42. The number of rotatable bonds is 5. The van der Waals surface area contributed by atoms with Gasteiger partial charge in [0.05, 0.1) is 0 Å². The minimum Gasteiger partial charge on any atom is -0.484 e. The van der Waals surface area contributed by atoms with Crippen molar-refractivity contribution < 1.29 is 24.2 Å². The molecule has 0 aromatic heterocycles. The summed E-state index contributed by atoms with van der Waals surface area (Å²) in [5, 5.41) is 8.83. The Balaban J connectivity index is 2.28. The predicted molar refractivity (Wildman–Crippen MR) is 70.0 cm³/mol. The lowest BCUT2D eigenvalue weighted by Gasteiger charge is -2.07. The van der Waals surface area contributed by atoms with Crippen molar-refractivity contribution in [1.29, 1.82) is 0 Å². The maximum absolute atomic E-state index is 11.3. The third-order valence-corrected chi connectivity index (χ3v) is 2.14. The van der Waals surface area contributed by atoms with E-state index in [1.165, 1.54) is 0 Å². The lowest BCUT2D eigenvalue weighted by molar-refractivity contribution is -0.131. The van der Waals surface area contributed by atoms with Gasteiger partial charge in [0.1, 0.15) is 5.75 Å². The van der Waals surface area contributed by atoms with Gasteiger partial charge in [-0.1, -0.05) is 11.6 Å². The van der Waals surface area contributed by atoms with E-state index in [-0.39, 0.29) is 6.61 Å². The Labute approximate surface area is 119 Å². The molecule has 1 aromatic rings. The van der Waals surface area contributed by atoms with E-state index in [0.717, 1.165) is 6.08 Å². The number of carboxylic acid groups (broad SMARTS) is 1. The molecule has 0 atom stereocenters. The van der Waals surface area contributed by atoms with E-state index in [2.05, 4.69) is 5.43 Å². The molecule has 0 saturated carbocycles. The highest BCUT2D eigenvalue weighted by Crippen LogP contribution is 2.15. The fraction of sp³-hybridized carbons (Fsp3) is 0.0833. The molecular weight excluding hydrogens is 288 g/mol. The van der Waals surface area contributed by atoms with Crippen molar-refractivity contribution in [2.45, 2.75) is 0 Å². The minimum absolute atomic E-state index is 0.315. The van der Waals surface area contributed by atoms with Crippen LogP contribution in [0.3, 0.4) is 0 Å². The highest BCUT2D eigenvalue weighted by atomic mass is 35.5. The van der Waals surface area contributed by atoms with Gasteiger partial charge in [0.2, 0.25) is 0 Å². The molecule has 20 heavy (non-hydrogen) atoms. The van der Waals surface area contributed by atoms with E-state index < -0.39 is 17.8 Å². The first-order chi connectivity index (χ1) is 9.47. The zero-order chi connectivity index (χ0) is 15.0. The number of carbonyl (C=O) groups is 3. The molecule has 1 aromatic carbocycles. The van der Waals surface area contributed by atoms with Crippen LogP contribution in [0.4, 0.5) is 0 Å². The van der Waals surface area contributed by atoms with Crippen molar-refractivity contribution in [3.05, 3.63) is 41.4 Å². The molecule has 0 aliphatic carbocycles. The molecule has 7 nitrogen and oxygen atoms in total. The summed E-state index contributed by atoms with van der Waals surface area (Å²) in [4.78, 5) is 32.5. The van der Waals surface area contributed by atoms with Gasteiger partial charge in [0.25, 0.3) is 11.8 Å². The molecule has 0 unspecified atom stereocenters. The topological polar surface area (TPSA) is 105 Å². The van der Waals surface area contributed by atoms with E-state index in [0.29, 0.717) is 16.8 Å². The van der Waals surface area contributed by atoms with Crippen LogP contribution < -0.4 is 15.6 Å². The number of hydrazine groups is 1. The molecule has 0 aliphatic heterocycles. The van der Waals surface area contributed by atoms with E-state index in [9.17, 15) is 14.4 Å². The van der Waals surface area contributed by atoms with Crippen LogP contribution in [0.15, 0.2) is 36.4 Å². The first kappa shape index (κ1) is 15.5. The maximum Gasteiger partial charge on any atom is 0.328 e. The van der Waals surface area contributed by atoms with Crippen LogP contribution in [-0.4, -0.2) is 29.5 Å². The van der Waals surface area contributed by atoms with Crippen LogP contribution in [0.5, 0.6) is 5.75 Å². The molecule has 2 amide bonds. The first-order valence-corrected chi connectivity index (χ1v) is 5.73. The Bertz CT molecular complexity index is 527. The van der Waals surface area contributed by atoms with Crippen molar-refractivity contribution in [1.82, 2.24) is 10.9 Å². The Morgan fingerprint density at radius 3 is 2.40 bits per heavy atom. The third kappa shape index (κ3) is 6.41. The zero-order valence-electron chi connectivity index (χ0n) is 10.1. The Kier molecular flexibility index (Phi) is 6.05. The van der Waals surface area contributed by atoms with Gasteiger partial charge in [-0.25, -0.2) is 4.79 Å². The van der Waals surface area contributed by atoms with Crippen LogP contribution in [-0.2, 0) is 14.4 Å². The molecule has 0 bridgehead atoms. The van der Waals surface area contributed by atoms with Gasteiger partial charge < -0.3 is 9.84 Å². The van der Waals surface area contributed by atoms with E-state index in [1.807, 2.05) is 5.43 Å². The summed E-state index contributed by atoms with van der Waals surface area (Å²) in [6, 6.07) is 6.38. The van der Waals surface area contributed by atoms with Gasteiger partial charge in [-0.3, -0.25) is 20.4 Å². The molecule has 1 rings (SSSR count). The number of carboxylic acids is 1. The van der Waals surface area contributed by atoms with Crippen molar-refractivity contribution >= 4 is 29.4 Å². The van der Waals surface area contributed by atoms with Gasteiger partial charge in [-0.2, -0.15) is 0 Å². The summed E-state index contributed by atoms with van der Waals surface area (Å²) in [6.45, 7) is -0.315. The van der Waals surface area contributed by atoms with Crippen LogP contribution in [0.25, 0.3) is 0 Å². The van der Waals surface area contributed by atoms with Crippen LogP contribution in [0.1, 0.15) is 0 Å². The van der Waals surface area contributed by atoms with Crippen molar-refractivity contribution in [2.24, 2.45) is 0 Å². The zero-order valence-corrected chi connectivity index (χ0v) is 10.9. The van der Waals surface area contributed by atoms with E-state index in [4.69, 9.17) is 21.4 Å². The van der Waals surface area contributed by atoms with Crippen molar-refractivity contribution in [3.8, 4) is 5.75 Å². The Morgan fingerprint density at radius 1 is 1.15 bits per heavy atom. The van der Waals surface area contributed by atoms with Crippen LogP contribution in [0, 0.1) is 0 Å². The molecule has 0 spiro atoms. The van der Waals surface area contributed by atoms with Gasteiger partial charge in [0.15, 0.2) is 6.61 Å². The molecule has 0 aliphatic rings. The fourth-order valence-corrected chi connectivity index (χ4v) is 1.16. The number of nitrogens with one attached hydrogen (secondary N) is 2.